The molecule has 0 fully saturated rings. The molecule has 3 rings (SSSR count). The molecule has 0 amide bonds. The van der Waals surface area contributed by atoms with Crippen LogP contribution in [0.15, 0.2) is 48.7 Å². The fourth-order valence-electron chi connectivity index (χ4n) is 1.91. The third-order valence-corrected chi connectivity index (χ3v) is 3.92. The van der Waals surface area contributed by atoms with Crippen LogP contribution in [0.1, 0.15) is 0 Å². The van der Waals surface area contributed by atoms with Gasteiger partial charge in [-0.05, 0) is 30.3 Å². The third kappa shape index (κ3) is 3.00. The Hall–Kier alpha value is -1.68. The van der Waals surface area contributed by atoms with Crippen LogP contribution in [-0.4, -0.2) is 10.2 Å². The molecule has 21 heavy (non-hydrogen) atoms. The van der Waals surface area contributed by atoms with Crippen molar-refractivity contribution in [1.29, 1.82) is 0 Å². The molecule has 0 spiro atoms. The Kier molecular flexibility index (Phi) is 4.06. The van der Waals surface area contributed by atoms with Crippen LogP contribution >= 0.6 is 34.8 Å². The quantitative estimate of drug-likeness (QED) is 0.652. The molecule has 0 atom stereocenters. The Labute approximate surface area is 136 Å². The molecule has 0 aliphatic rings. The van der Waals surface area contributed by atoms with Gasteiger partial charge in [0.2, 0.25) is 0 Å². The topological polar surface area (TPSA) is 37.9 Å². The van der Waals surface area contributed by atoms with Crippen LogP contribution < -0.4 is 4.74 Å². The first-order valence-corrected chi connectivity index (χ1v) is 7.19. The van der Waals surface area contributed by atoms with Gasteiger partial charge in [-0.3, -0.25) is 5.10 Å². The molecule has 6 heteroatoms. The van der Waals surface area contributed by atoms with Gasteiger partial charge < -0.3 is 4.74 Å². The minimum absolute atomic E-state index is 0.430. The molecule has 0 aliphatic carbocycles. The van der Waals surface area contributed by atoms with E-state index in [1.165, 1.54) is 0 Å². The summed E-state index contributed by atoms with van der Waals surface area (Å²) in [5, 5.41) is 8.29. The maximum atomic E-state index is 6.27. The summed E-state index contributed by atoms with van der Waals surface area (Å²) in [5.74, 6) is 1.18. The average Bonchev–Trinajstić information content (AvgIpc) is 2.97. The fraction of sp³-hybridized carbons (Fsp3) is 0. The molecular weight excluding hydrogens is 331 g/mol. The molecule has 0 unspecified atom stereocenters. The molecule has 0 aliphatic heterocycles. The lowest BCUT2D eigenvalue weighted by Crippen LogP contribution is -1.90. The van der Waals surface area contributed by atoms with Gasteiger partial charge in [0.05, 0.1) is 26.3 Å². The highest BCUT2D eigenvalue weighted by Crippen LogP contribution is 2.38. The number of nitrogens with zero attached hydrogens (tertiary/aromatic N) is 1. The molecule has 0 saturated heterocycles. The summed E-state index contributed by atoms with van der Waals surface area (Å²) in [6, 6.07) is 12.3. The van der Waals surface area contributed by atoms with Crippen molar-refractivity contribution in [1.82, 2.24) is 10.2 Å². The summed E-state index contributed by atoms with van der Waals surface area (Å²) in [4.78, 5) is 0. The van der Waals surface area contributed by atoms with Crippen LogP contribution in [0.5, 0.6) is 11.5 Å². The smallest absolute Gasteiger partial charge is 0.138 e. The summed E-state index contributed by atoms with van der Waals surface area (Å²) in [7, 11) is 0. The van der Waals surface area contributed by atoms with Crippen LogP contribution in [0.25, 0.3) is 11.3 Å². The lowest BCUT2D eigenvalue weighted by Gasteiger charge is -2.12. The van der Waals surface area contributed by atoms with Crippen molar-refractivity contribution >= 4 is 34.8 Å². The minimum atomic E-state index is 0.430. The molecule has 1 heterocycles. The highest BCUT2D eigenvalue weighted by atomic mass is 35.5. The van der Waals surface area contributed by atoms with Crippen molar-refractivity contribution in [2.45, 2.75) is 0 Å². The van der Waals surface area contributed by atoms with E-state index in [-0.39, 0.29) is 0 Å². The van der Waals surface area contributed by atoms with Crippen molar-refractivity contribution < 1.29 is 4.74 Å². The predicted molar refractivity (Wildman–Crippen MR) is 85.6 cm³/mol. The van der Waals surface area contributed by atoms with E-state index in [9.17, 15) is 0 Å². The Balaban J connectivity index is 2.03. The van der Waals surface area contributed by atoms with Crippen LogP contribution in [0.3, 0.4) is 0 Å². The molecule has 0 saturated carbocycles. The number of halogens is 3. The summed E-state index contributed by atoms with van der Waals surface area (Å²) < 4.78 is 5.87. The van der Waals surface area contributed by atoms with E-state index >= 15 is 0 Å². The van der Waals surface area contributed by atoms with Crippen LogP contribution in [0, 0.1) is 0 Å². The second kappa shape index (κ2) is 5.98. The minimum Gasteiger partial charge on any atom is -0.457 e. The van der Waals surface area contributed by atoms with Crippen molar-refractivity contribution in [3.8, 4) is 22.8 Å². The van der Waals surface area contributed by atoms with Crippen LogP contribution in [-0.2, 0) is 0 Å². The molecule has 2 aromatic carbocycles. The summed E-state index contributed by atoms with van der Waals surface area (Å²) in [6.45, 7) is 0. The number of aromatic amines is 1. The Morgan fingerprint density at radius 3 is 2.48 bits per heavy atom. The number of H-pyrrole nitrogens is 1. The first-order valence-electron chi connectivity index (χ1n) is 6.06. The maximum absolute atomic E-state index is 6.27. The van der Waals surface area contributed by atoms with Gasteiger partial charge in [-0.15, -0.1) is 0 Å². The Morgan fingerprint density at radius 2 is 1.76 bits per heavy atom. The molecule has 3 nitrogen and oxygen atoms in total. The van der Waals surface area contributed by atoms with E-state index in [2.05, 4.69) is 10.2 Å². The lowest BCUT2D eigenvalue weighted by molar-refractivity contribution is 0.484. The summed E-state index contributed by atoms with van der Waals surface area (Å²) in [5.41, 5.74) is 1.51. The van der Waals surface area contributed by atoms with E-state index in [0.717, 1.165) is 11.3 Å². The monoisotopic (exact) mass is 338 g/mol. The van der Waals surface area contributed by atoms with Gasteiger partial charge in [0.15, 0.2) is 0 Å². The van der Waals surface area contributed by atoms with E-state index in [0.29, 0.717) is 26.6 Å². The van der Waals surface area contributed by atoms with Crippen molar-refractivity contribution in [2.24, 2.45) is 0 Å². The van der Waals surface area contributed by atoms with Crippen molar-refractivity contribution in [3.05, 3.63) is 63.7 Å². The van der Waals surface area contributed by atoms with E-state index < -0.39 is 0 Å². The van der Waals surface area contributed by atoms with Gasteiger partial charge in [0.25, 0.3) is 0 Å². The molecular formula is C15H9Cl3N2O. The second-order valence-electron chi connectivity index (χ2n) is 4.26. The van der Waals surface area contributed by atoms with E-state index in [1.807, 2.05) is 18.2 Å². The van der Waals surface area contributed by atoms with E-state index in [1.54, 1.807) is 30.5 Å². The highest BCUT2D eigenvalue weighted by molar-refractivity contribution is 6.42. The number of rotatable bonds is 3. The molecule has 1 aromatic heterocycles. The molecule has 106 valence electrons. The lowest BCUT2D eigenvalue weighted by atomic mass is 10.1. The summed E-state index contributed by atoms with van der Waals surface area (Å²) >= 11 is 18.2. The molecule has 0 radical (unpaired) electrons. The zero-order chi connectivity index (χ0) is 14.8. The Bertz CT molecular complexity index is 773. The normalized spacial score (nSPS) is 10.6. The predicted octanol–water partition coefficient (Wildman–Crippen LogP) is 5.83. The van der Waals surface area contributed by atoms with Gasteiger partial charge in [-0.1, -0.05) is 40.9 Å². The zero-order valence-corrected chi connectivity index (χ0v) is 12.9. The average molecular weight is 340 g/mol. The molecule has 1 N–H and O–H groups in total. The van der Waals surface area contributed by atoms with Crippen LogP contribution in [0.2, 0.25) is 15.1 Å². The second-order valence-corrected chi connectivity index (χ2v) is 5.48. The number of aromatic nitrogens is 2. The van der Waals surface area contributed by atoms with Gasteiger partial charge >= 0.3 is 0 Å². The van der Waals surface area contributed by atoms with E-state index in [4.69, 9.17) is 39.5 Å². The number of benzene rings is 2. The number of nitrogens with one attached hydrogen (secondary N) is 1. The van der Waals surface area contributed by atoms with Gasteiger partial charge in [-0.25, -0.2) is 0 Å². The van der Waals surface area contributed by atoms with Gasteiger partial charge in [0.1, 0.15) is 11.5 Å². The fourth-order valence-corrected chi connectivity index (χ4v) is 2.47. The number of hydrogen-bond donors (Lipinski definition) is 1. The summed E-state index contributed by atoms with van der Waals surface area (Å²) in [6.07, 6.45) is 1.65. The van der Waals surface area contributed by atoms with Gasteiger partial charge in [0, 0.05) is 12.3 Å². The highest BCUT2D eigenvalue weighted by Gasteiger charge is 2.13. The first-order chi connectivity index (χ1) is 10.1. The standard InChI is InChI=1S/C15H9Cl3N2O/c16-10-5-4-9(8-12(10)18)21-14-3-1-2-11(17)15(14)13-6-7-19-20-13/h1-8H,(H,19,20). The van der Waals surface area contributed by atoms with Crippen molar-refractivity contribution in [2.75, 3.05) is 0 Å². The first kappa shape index (κ1) is 14.3. The SMILES string of the molecule is Clc1ccc(Oc2cccc(Cl)c2-c2ccn[nH]2)cc1Cl. The zero-order valence-electron chi connectivity index (χ0n) is 10.6. The molecule has 0 bridgehead atoms. The number of ether oxygens (including phenoxy) is 1. The Morgan fingerprint density at radius 1 is 0.905 bits per heavy atom. The third-order valence-electron chi connectivity index (χ3n) is 2.86. The van der Waals surface area contributed by atoms with Gasteiger partial charge in [-0.2, -0.15) is 5.10 Å². The van der Waals surface area contributed by atoms with Crippen LogP contribution in [0.4, 0.5) is 0 Å². The largest absolute Gasteiger partial charge is 0.457 e. The van der Waals surface area contributed by atoms with Crippen molar-refractivity contribution in [3.63, 3.8) is 0 Å². The molecule has 3 aromatic rings. The number of hydrogen-bond acceptors (Lipinski definition) is 2. The maximum Gasteiger partial charge on any atom is 0.138 e.